The molecule has 1 rings (SSSR count). The van der Waals surface area contributed by atoms with Gasteiger partial charge in [-0.15, -0.1) is 0 Å². The van der Waals surface area contributed by atoms with Crippen molar-refractivity contribution in [3.8, 4) is 0 Å². The van der Waals surface area contributed by atoms with E-state index in [1.807, 2.05) is 6.07 Å². The summed E-state index contributed by atoms with van der Waals surface area (Å²) in [7, 11) is 0. The molecule has 1 aromatic rings. The van der Waals surface area contributed by atoms with Gasteiger partial charge >= 0.3 is 65.7 Å². The van der Waals surface area contributed by atoms with Crippen LogP contribution in [0.5, 0.6) is 0 Å². The Hall–Kier alpha value is -0.241. The Bertz CT molecular complexity index is 179. The van der Waals surface area contributed by atoms with Crippen LogP contribution in [0.25, 0.3) is 0 Å². The van der Waals surface area contributed by atoms with Crippen molar-refractivity contribution in [1.82, 2.24) is 0 Å². The molecule has 44 valence electrons. The van der Waals surface area contributed by atoms with E-state index in [2.05, 4.69) is 34.9 Å². The van der Waals surface area contributed by atoms with Gasteiger partial charge in [-0.3, -0.25) is 0 Å². The third kappa shape index (κ3) is 2.22. The van der Waals surface area contributed by atoms with Crippen LogP contribution in [0, 0.1) is 0 Å². The van der Waals surface area contributed by atoms with Gasteiger partial charge in [-0.2, -0.15) is 0 Å². The van der Waals surface area contributed by atoms with Gasteiger partial charge in [0.2, 0.25) is 0 Å². The Balaban J connectivity index is 2.72. The van der Waals surface area contributed by atoms with Crippen LogP contribution < -0.4 is 3.58 Å². The maximum atomic E-state index is 3.73. The van der Waals surface area contributed by atoms with E-state index in [1.54, 1.807) is 0 Å². The number of hydrogen-bond acceptors (Lipinski definition) is 0. The Kier molecular flexibility index (Phi) is 2.84. The van der Waals surface area contributed by atoms with Gasteiger partial charge in [0, 0.05) is 0 Å². The summed E-state index contributed by atoms with van der Waals surface area (Å²) in [5, 5.41) is 0. The molecule has 0 aliphatic rings. The molecule has 1 heteroatoms. The SMILES string of the molecule is C=[CH][Sn][c]1ccccc1. The molecular formula is C8H8Sn. The summed E-state index contributed by atoms with van der Waals surface area (Å²) < 4.78 is 3.58. The Morgan fingerprint density at radius 2 is 1.89 bits per heavy atom. The summed E-state index contributed by atoms with van der Waals surface area (Å²) in [6, 6.07) is 10.6. The van der Waals surface area contributed by atoms with Crippen molar-refractivity contribution < 1.29 is 0 Å². The molecular weight excluding hydrogens is 215 g/mol. The fourth-order valence-electron chi connectivity index (χ4n) is 0.652. The second kappa shape index (κ2) is 3.72. The average molecular weight is 223 g/mol. The molecule has 0 atom stereocenters. The number of rotatable bonds is 2. The summed E-state index contributed by atoms with van der Waals surface area (Å²) in [5.41, 5.74) is 0. The number of benzene rings is 1. The average Bonchev–Trinajstić information content (AvgIpc) is 1.91. The predicted octanol–water partition coefficient (Wildman–Crippen LogP) is 1.16. The molecule has 0 spiro atoms. The summed E-state index contributed by atoms with van der Waals surface area (Å²) >= 11 is -0.386. The summed E-state index contributed by atoms with van der Waals surface area (Å²) in [6.45, 7) is 3.73. The van der Waals surface area contributed by atoms with Crippen molar-refractivity contribution >= 4 is 24.7 Å². The molecule has 9 heavy (non-hydrogen) atoms. The fraction of sp³-hybridized carbons (Fsp3) is 0. The Morgan fingerprint density at radius 1 is 1.22 bits per heavy atom. The van der Waals surface area contributed by atoms with Gasteiger partial charge in [-0.25, -0.2) is 0 Å². The zero-order valence-electron chi connectivity index (χ0n) is 5.17. The van der Waals surface area contributed by atoms with Crippen LogP contribution in [-0.2, 0) is 0 Å². The van der Waals surface area contributed by atoms with E-state index in [9.17, 15) is 0 Å². The van der Waals surface area contributed by atoms with E-state index in [-0.39, 0.29) is 21.1 Å². The van der Waals surface area contributed by atoms with Crippen LogP contribution >= 0.6 is 0 Å². The molecule has 0 saturated heterocycles. The molecule has 0 fully saturated rings. The van der Waals surface area contributed by atoms with E-state index in [4.69, 9.17) is 0 Å². The molecule has 2 radical (unpaired) electrons. The van der Waals surface area contributed by atoms with Crippen molar-refractivity contribution in [2.45, 2.75) is 0 Å². The van der Waals surface area contributed by atoms with Crippen LogP contribution in [0.3, 0.4) is 0 Å². The van der Waals surface area contributed by atoms with Gasteiger partial charge in [0.1, 0.15) is 0 Å². The van der Waals surface area contributed by atoms with E-state index < -0.39 is 0 Å². The van der Waals surface area contributed by atoms with Crippen molar-refractivity contribution in [2.24, 2.45) is 0 Å². The molecule has 0 aromatic heterocycles. The standard InChI is InChI=1S/C6H5.C2H3.Sn/c1-2-4-6-5-3-1;1-2;/h1-5H;1H,2H2;. The molecule has 0 amide bonds. The molecule has 0 nitrogen and oxygen atoms in total. The molecule has 0 unspecified atom stereocenters. The first kappa shape index (κ1) is 6.87. The monoisotopic (exact) mass is 224 g/mol. The molecule has 0 N–H and O–H groups in total. The first-order valence-electron chi connectivity index (χ1n) is 2.86. The second-order valence-corrected chi connectivity index (χ2v) is 5.35. The zero-order chi connectivity index (χ0) is 6.53. The zero-order valence-corrected chi connectivity index (χ0v) is 8.03. The minimum absolute atomic E-state index is 0.386. The van der Waals surface area contributed by atoms with Crippen molar-refractivity contribution in [3.05, 3.63) is 41.0 Å². The Morgan fingerprint density at radius 3 is 2.44 bits per heavy atom. The van der Waals surface area contributed by atoms with Gasteiger partial charge in [0.15, 0.2) is 0 Å². The quantitative estimate of drug-likeness (QED) is 0.659. The van der Waals surface area contributed by atoms with Gasteiger partial charge in [0.25, 0.3) is 0 Å². The van der Waals surface area contributed by atoms with E-state index in [0.717, 1.165) is 0 Å². The third-order valence-corrected chi connectivity index (χ3v) is 3.53. The summed E-state index contributed by atoms with van der Waals surface area (Å²) in [6.07, 6.45) is 0. The van der Waals surface area contributed by atoms with E-state index in [0.29, 0.717) is 0 Å². The van der Waals surface area contributed by atoms with Crippen molar-refractivity contribution in [1.29, 1.82) is 0 Å². The fourth-order valence-corrected chi connectivity index (χ4v) is 2.42. The molecule has 1 aromatic carbocycles. The molecule has 0 heterocycles. The van der Waals surface area contributed by atoms with Crippen molar-refractivity contribution in [2.75, 3.05) is 0 Å². The van der Waals surface area contributed by atoms with Gasteiger partial charge < -0.3 is 0 Å². The normalized spacial score (nSPS) is 8.89. The van der Waals surface area contributed by atoms with Gasteiger partial charge in [-0.1, -0.05) is 0 Å². The molecule has 0 aliphatic carbocycles. The van der Waals surface area contributed by atoms with Crippen LogP contribution in [0.15, 0.2) is 41.0 Å². The van der Waals surface area contributed by atoms with E-state index in [1.165, 1.54) is 3.58 Å². The molecule has 0 aliphatic heterocycles. The topological polar surface area (TPSA) is 0 Å². The first-order valence-corrected chi connectivity index (χ1v) is 5.93. The summed E-state index contributed by atoms with van der Waals surface area (Å²) in [5.74, 6) is 0. The first-order chi connectivity index (χ1) is 4.43. The van der Waals surface area contributed by atoms with Crippen LogP contribution in [-0.4, -0.2) is 21.1 Å². The van der Waals surface area contributed by atoms with Crippen LogP contribution in [0.1, 0.15) is 0 Å². The van der Waals surface area contributed by atoms with Gasteiger partial charge in [-0.05, 0) is 0 Å². The van der Waals surface area contributed by atoms with Crippen LogP contribution in [0.2, 0.25) is 0 Å². The second-order valence-electron chi connectivity index (χ2n) is 1.71. The molecule has 0 bridgehead atoms. The third-order valence-electron chi connectivity index (χ3n) is 1.04. The predicted molar refractivity (Wildman–Crippen MR) is 42.0 cm³/mol. The maximum absolute atomic E-state index is 3.73. The summed E-state index contributed by atoms with van der Waals surface area (Å²) in [4.78, 5) is 0. The molecule has 0 saturated carbocycles. The van der Waals surface area contributed by atoms with Crippen molar-refractivity contribution in [3.63, 3.8) is 0 Å². The Labute approximate surface area is 65.8 Å². The minimum atomic E-state index is -0.386. The van der Waals surface area contributed by atoms with E-state index >= 15 is 0 Å². The van der Waals surface area contributed by atoms with Gasteiger partial charge in [0.05, 0.1) is 0 Å². The van der Waals surface area contributed by atoms with Crippen LogP contribution in [0.4, 0.5) is 0 Å². The number of hydrogen-bond donors (Lipinski definition) is 0.